The van der Waals surface area contributed by atoms with Gasteiger partial charge in [0.2, 0.25) is 0 Å². The van der Waals surface area contributed by atoms with Gasteiger partial charge in [-0.05, 0) is 6.92 Å². The van der Waals surface area contributed by atoms with Crippen molar-refractivity contribution in [2.24, 2.45) is 0 Å². The van der Waals surface area contributed by atoms with E-state index in [1.165, 1.54) is 0 Å². The van der Waals surface area contributed by atoms with Crippen molar-refractivity contribution in [2.45, 2.75) is 26.4 Å². The lowest BCUT2D eigenvalue weighted by Crippen LogP contribution is -2.56. The molecule has 0 radical (unpaired) electrons. The smallest absolute Gasteiger partial charge is 0.264 e. The zero-order valence-corrected chi connectivity index (χ0v) is 8.29. The SMILES string of the molecule is CCC(=O)N[N+](C)(C)CC(C)O. The van der Waals surface area contributed by atoms with Gasteiger partial charge in [0.05, 0.1) is 14.1 Å². The molecular weight excluding hydrogens is 156 g/mol. The predicted octanol–water partition coefficient (Wildman–Crippen LogP) is -0.115. The second-order valence-electron chi connectivity index (χ2n) is 3.61. The number of quaternary nitrogens is 1. The molecule has 0 aliphatic heterocycles. The summed E-state index contributed by atoms with van der Waals surface area (Å²) in [5, 5.41) is 9.11. The molecule has 0 fully saturated rings. The van der Waals surface area contributed by atoms with Crippen LogP contribution in [0.1, 0.15) is 20.3 Å². The Morgan fingerprint density at radius 1 is 1.58 bits per heavy atom. The highest BCUT2D eigenvalue weighted by atomic mass is 16.3. The number of nitrogens with zero attached hydrogens (tertiary/aromatic N) is 1. The number of carbonyl (C=O) groups excluding carboxylic acids is 1. The minimum Gasteiger partial charge on any atom is -0.387 e. The maximum atomic E-state index is 11.0. The van der Waals surface area contributed by atoms with Gasteiger partial charge in [-0.15, -0.1) is 0 Å². The highest BCUT2D eigenvalue weighted by molar-refractivity contribution is 5.74. The summed E-state index contributed by atoms with van der Waals surface area (Å²) in [6, 6.07) is 0. The van der Waals surface area contributed by atoms with Gasteiger partial charge in [-0.25, -0.2) is 10.0 Å². The molecule has 0 bridgehead atoms. The molecule has 1 atom stereocenters. The van der Waals surface area contributed by atoms with Gasteiger partial charge in [-0.3, -0.25) is 4.79 Å². The minimum absolute atomic E-state index is 0.000602. The molecule has 0 aromatic heterocycles. The van der Waals surface area contributed by atoms with Crippen LogP contribution in [0.2, 0.25) is 0 Å². The number of hydrogen-bond acceptors (Lipinski definition) is 2. The molecule has 0 heterocycles. The van der Waals surface area contributed by atoms with Crippen molar-refractivity contribution in [2.75, 3.05) is 20.6 Å². The molecule has 0 aromatic carbocycles. The van der Waals surface area contributed by atoms with Gasteiger partial charge in [0, 0.05) is 6.42 Å². The van der Waals surface area contributed by atoms with Crippen molar-refractivity contribution < 1.29 is 14.5 Å². The summed E-state index contributed by atoms with van der Waals surface area (Å²) in [4.78, 5) is 11.0. The van der Waals surface area contributed by atoms with Gasteiger partial charge in [0.25, 0.3) is 5.91 Å². The lowest BCUT2D eigenvalue weighted by molar-refractivity contribution is -0.927. The highest BCUT2D eigenvalue weighted by Gasteiger charge is 2.19. The molecule has 0 spiro atoms. The minimum atomic E-state index is -0.405. The van der Waals surface area contributed by atoms with Crippen LogP contribution in [0.15, 0.2) is 0 Å². The topological polar surface area (TPSA) is 49.3 Å². The Hall–Kier alpha value is -0.610. The molecule has 0 rings (SSSR count). The molecule has 72 valence electrons. The molecule has 4 nitrogen and oxygen atoms in total. The molecule has 0 saturated heterocycles. The molecule has 2 N–H and O–H groups in total. The number of rotatable bonds is 4. The first-order valence-corrected chi connectivity index (χ1v) is 4.19. The zero-order chi connectivity index (χ0) is 9.78. The van der Waals surface area contributed by atoms with Crippen molar-refractivity contribution in [3.8, 4) is 0 Å². The molecule has 0 saturated carbocycles. The predicted molar refractivity (Wildman–Crippen MR) is 47.1 cm³/mol. The van der Waals surface area contributed by atoms with Crippen molar-refractivity contribution in [3.63, 3.8) is 0 Å². The van der Waals surface area contributed by atoms with E-state index in [1.807, 2.05) is 14.1 Å². The van der Waals surface area contributed by atoms with Gasteiger partial charge >= 0.3 is 0 Å². The van der Waals surface area contributed by atoms with E-state index in [2.05, 4.69) is 5.43 Å². The van der Waals surface area contributed by atoms with E-state index in [-0.39, 0.29) is 5.91 Å². The Labute approximate surface area is 73.7 Å². The van der Waals surface area contributed by atoms with Gasteiger partial charge in [0.1, 0.15) is 12.6 Å². The quantitative estimate of drug-likeness (QED) is 0.462. The van der Waals surface area contributed by atoms with Crippen molar-refractivity contribution >= 4 is 5.91 Å². The highest BCUT2D eigenvalue weighted by Crippen LogP contribution is 1.95. The number of amides is 1. The van der Waals surface area contributed by atoms with Crippen LogP contribution in [0.5, 0.6) is 0 Å². The summed E-state index contributed by atoms with van der Waals surface area (Å²) < 4.78 is 0.324. The third kappa shape index (κ3) is 5.09. The molecule has 4 heteroatoms. The maximum Gasteiger partial charge on any atom is 0.264 e. The van der Waals surface area contributed by atoms with Crippen LogP contribution in [0.25, 0.3) is 0 Å². The summed E-state index contributed by atoms with van der Waals surface area (Å²) in [5.41, 5.74) is 2.78. The third-order valence-corrected chi connectivity index (χ3v) is 1.47. The van der Waals surface area contributed by atoms with E-state index in [4.69, 9.17) is 5.11 Å². The fraction of sp³-hybridized carbons (Fsp3) is 0.875. The van der Waals surface area contributed by atoms with E-state index in [9.17, 15) is 4.79 Å². The van der Waals surface area contributed by atoms with Gasteiger partial charge in [0.15, 0.2) is 0 Å². The number of aliphatic hydroxyl groups is 1. The Morgan fingerprint density at radius 2 is 2.08 bits per heavy atom. The first-order chi connectivity index (χ1) is 5.37. The summed E-state index contributed by atoms with van der Waals surface area (Å²) in [5.74, 6) is 0.000602. The summed E-state index contributed by atoms with van der Waals surface area (Å²) in [6.45, 7) is 4.03. The largest absolute Gasteiger partial charge is 0.387 e. The number of hydrogen-bond donors (Lipinski definition) is 2. The zero-order valence-electron chi connectivity index (χ0n) is 8.29. The second-order valence-corrected chi connectivity index (χ2v) is 3.61. The number of aliphatic hydroxyl groups excluding tert-OH is 1. The van der Waals surface area contributed by atoms with E-state index in [0.29, 0.717) is 17.6 Å². The number of carbonyl (C=O) groups is 1. The lowest BCUT2D eigenvalue weighted by atomic mass is 10.4. The Bertz CT molecular complexity index is 155. The van der Waals surface area contributed by atoms with E-state index < -0.39 is 6.10 Å². The van der Waals surface area contributed by atoms with Crippen LogP contribution in [0.3, 0.4) is 0 Å². The Balaban J connectivity index is 3.94. The Kier molecular flexibility index (Phi) is 4.20. The number of nitrogens with one attached hydrogen (secondary N) is 1. The van der Waals surface area contributed by atoms with Crippen LogP contribution >= 0.6 is 0 Å². The van der Waals surface area contributed by atoms with Gasteiger partial charge in [-0.1, -0.05) is 6.92 Å². The molecule has 12 heavy (non-hydrogen) atoms. The third-order valence-electron chi connectivity index (χ3n) is 1.47. The monoisotopic (exact) mass is 175 g/mol. The summed E-state index contributed by atoms with van der Waals surface area (Å²) >= 11 is 0. The molecule has 0 aliphatic carbocycles. The van der Waals surface area contributed by atoms with E-state index in [1.54, 1.807) is 13.8 Å². The molecule has 0 aromatic rings. The van der Waals surface area contributed by atoms with Crippen LogP contribution in [0, 0.1) is 0 Å². The van der Waals surface area contributed by atoms with E-state index in [0.717, 1.165) is 0 Å². The number of likely N-dealkylation sites (N-methyl/N-ethyl adjacent to an activating group) is 1. The van der Waals surface area contributed by atoms with Crippen LogP contribution in [0.4, 0.5) is 0 Å². The van der Waals surface area contributed by atoms with Crippen LogP contribution < -0.4 is 5.43 Å². The standard InChI is InChI=1S/C8H18N2O2/c1-5-8(12)9-10(3,4)6-7(2)11/h7,11H,5-6H2,1-4H3/p+1. The average molecular weight is 175 g/mol. The fourth-order valence-corrected chi connectivity index (χ4v) is 1.12. The van der Waals surface area contributed by atoms with Crippen LogP contribution in [-0.4, -0.2) is 42.3 Å². The Morgan fingerprint density at radius 3 is 2.42 bits per heavy atom. The molecule has 1 amide bonds. The van der Waals surface area contributed by atoms with Crippen LogP contribution in [-0.2, 0) is 4.79 Å². The normalized spacial score (nSPS) is 14.1. The average Bonchev–Trinajstić information content (AvgIpc) is 1.83. The summed E-state index contributed by atoms with van der Waals surface area (Å²) in [6.07, 6.45) is 0.0683. The van der Waals surface area contributed by atoms with Crippen molar-refractivity contribution in [1.82, 2.24) is 5.43 Å². The van der Waals surface area contributed by atoms with Crippen molar-refractivity contribution in [1.29, 1.82) is 0 Å². The first-order valence-electron chi connectivity index (χ1n) is 4.19. The first kappa shape index (κ1) is 11.4. The fourth-order valence-electron chi connectivity index (χ4n) is 1.12. The molecular formula is C8H19N2O2+. The molecule has 0 aliphatic rings. The van der Waals surface area contributed by atoms with Crippen molar-refractivity contribution in [3.05, 3.63) is 0 Å². The van der Waals surface area contributed by atoms with Gasteiger partial charge in [-0.2, -0.15) is 0 Å². The summed E-state index contributed by atoms with van der Waals surface area (Å²) in [7, 11) is 3.70. The van der Waals surface area contributed by atoms with Gasteiger partial charge < -0.3 is 5.11 Å². The lowest BCUT2D eigenvalue weighted by Gasteiger charge is -2.29. The molecule has 1 unspecified atom stereocenters. The van der Waals surface area contributed by atoms with E-state index >= 15 is 0 Å². The second kappa shape index (κ2) is 4.42. The maximum absolute atomic E-state index is 11.0.